The number of nitrogens with zero attached hydrogens (tertiary/aromatic N) is 1. The van der Waals surface area contributed by atoms with E-state index in [1.807, 2.05) is 37.3 Å². The largest absolute Gasteiger partial charge is 0.455 e. The highest BCUT2D eigenvalue weighted by atomic mass is 79.9. The second-order valence-corrected chi connectivity index (χ2v) is 5.42. The van der Waals surface area contributed by atoms with Crippen molar-refractivity contribution in [3.05, 3.63) is 51.8 Å². The lowest BCUT2D eigenvalue weighted by molar-refractivity contribution is 0.468. The van der Waals surface area contributed by atoms with Crippen LogP contribution in [0, 0.1) is 6.92 Å². The molecule has 100 valence electrons. The topological polar surface area (TPSA) is 22.1 Å². The lowest BCUT2D eigenvalue weighted by Crippen LogP contribution is -1.97. The summed E-state index contributed by atoms with van der Waals surface area (Å²) in [4.78, 5) is 4.50. The summed E-state index contributed by atoms with van der Waals surface area (Å²) < 4.78 is 6.95. The van der Waals surface area contributed by atoms with Gasteiger partial charge in [-0.2, -0.15) is 0 Å². The summed E-state index contributed by atoms with van der Waals surface area (Å²) in [5, 5.41) is 0. The molecule has 0 fully saturated rings. The van der Waals surface area contributed by atoms with Crippen molar-refractivity contribution in [1.82, 2.24) is 4.98 Å². The Morgan fingerprint density at radius 3 is 2.68 bits per heavy atom. The monoisotopic (exact) mass is 339 g/mol. The highest BCUT2D eigenvalue weighted by Gasteiger charge is 2.09. The van der Waals surface area contributed by atoms with E-state index < -0.39 is 0 Å². The van der Waals surface area contributed by atoms with Crippen LogP contribution in [0.15, 0.2) is 34.8 Å². The van der Waals surface area contributed by atoms with E-state index in [2.05, 4.69) is 27.8 Å². The van der Waals surface area contributed by atoms with Crippen molar-refractivity contribution in [2.75, 3.05) is 0 Å². The minimum absolute atomic E-state index is 0.420. The summed E-state index contributed by atoms with van der Waals surface area (Å²) in [7, 11) is 0. The first-order chi connectivity index (χ1) is 9.13. The van der Waals surface area contributed by atoms with Crippen LogP contribution < -0.4 is 4.74 Å². The van der Waals surface area contributed by atoms with Gasteiger partial charge in [0, 0.05) is 15.7 Å². The van der Waals surface area contributed by atoms with Gasteiger partial charge in [-0.1, -0.05) is 28.9 Å². The molecule has 0 saturated heterocycles. The van der Waals surface area contributed by atoms with E-state index in [4.69, 9.17) is 16.3 Å². The first-order valence-corrected chi connectivity index (χ1v) is 7.45. The smallest absolute Gasteiger partial charge is 0.148 e. The minimum atomic E-state index is 0.420. The molecular formula is C15H15BrClNO. The number of benzene rings is 1. The van der Waals surface area contributed by atoms with Crippen molar-refractivity contribution in [1.29, 1.82) is 0 Å². The number of rotatable bonds is 4. The maximum atomic E-state index is 5.98. The molecule has 0 amide bonds. The number of pyridine rings is 1. The number of halogens is 2. The summed E-state index contributed by atoms with van der Waals surface area (Å²) >= 11 is 9.39. The second-order valence-electron chi connectivity index (χ2n) is 4.24. The number of hydrogen-bond donors (Lipinski definition) is 0. The van der Waals surface area contributed by atoms with Crippen LogP contribution in [0.5, 0.6) is 11.5 Å². The molecule has 1 aromatic carbocycles. The standard InChI is InChI=1S/C15H15BrClNO/c1-3-13-14(7-4-10(2)18-13)19-15-8-12(16)6-5-11(15)9-17/h4-8H,3,9H2,1-2H3. The molecule has 1 aromatic heterocycles. The third kappa shape index (κ3) is 3.48. The summed E-state index contributed by atoms with van der Waals surface area (Å²) in [6, 6.07) is 9.75. The van der Waals surface area contributed by atoms with Crippen LogP contribution in [-0.2, 0) is 12.3 Å². The van der Waals surface area contributed by atoms with E-state index in [1.165, 1.54) is 0 Å². The average molecular weight is 341 g/mol. The number of aryl methyl sites for hydroxylation is 2. The van der Waals surface area contributed by atoms with Crippen LogP contribution in [0.3, 0.4) is 0 Å². The fourth-order valence-electron chi connectivity index (χ4n) is 1.80. The second kappa shape index (κ2) is 6.40. The lowest BCUT2D eigenvalue weighted by atomic mass is 10.2. The van der Waals surface area contributed by atoms with Gasteiger partial charge in [0.25, 0.3) is 0 Å². The van der Waals surface area contributed by atoms with Crippen LogP contribution in [-0.4, -0.2) is 4.98 Å². The molecule has 0 aliphatic rings. The molecule has 0 unspecified atom stereocenters. The van der Waals surface area contributed by atoms with E-state index in [0.29, 0.717) is 5.88 Å². The Morgan fingerprint density at radius 1 is 1.21 bits per heavy atom. The van der Waals surface area contributed by atoms with E-state index in [9.17, 15) is 0 Å². The van der Waals surface area contributed by atoms with E-state index >= 15 is 0 Å². The summed E-state index contributed by atoms with van der Waals surface area (Å²) in [5.74, 6) is 1.98. The van der Waals surface area contributed by atoms with Gasteiger partial charge in [0.05, 0.1) is 11.6 Å². The number of ether oxygens (including phenoxy) is 1. The van der Waals surface area contributed by atoms with Gasteiger partial charge in [0.1, 0.15) is 11.5 Å². The molecule has 2 aromatic rings. The molecule has 4 heteroatoms. The summed E-state index contributed by atoms with van der Waals surface area (Å²) in [6.07, 6.45) is 0.835. The Hall–Kier alpha value is -1.06. The molecule has 0 bridgehead atoms. The fraction of sp³-hybridized carbons (Fsp3) is 0.267. The quantitative estimate of drug-likeness (QED) is 0.710. The van der Waals surface area contributed by atoms with Crippen LogP contribution in [0.1, 0.15) is 23.9 Å². The van der Waals surface area contributed by atoms with Crippen molar-refractivity contribution < 1.29 is 4.74 Å². The van der Waals surface area contributed by atoms with Gasteiger partial charge < -0.3 is 4.74 Å². The van der Waals surface area contributed by atoms with Crippen molar-refractivity contribution >= 4 is 27.5 Å². The molecular weight excluding hydrogens is 326 g/mol. The van der Waals surface area contributed by atoms with Crippen molar-refractivity contribution in [2.45, 2.75) is 26.1 Å². The number of aromatic nitrogens is 1. The molecule has 0 aliphatic heterocycles. The molecule has 0 radical (unpaired) electrons. The molecule has 0 aliphatic carbocycles. The van der Waals surface area contributed by atoms with Gasteiger partial charge >= 0.3 is 0 Å². The van der Waals surface area contributed by atoms with Crippen LogP contribution in [0.4, 0.5) is 0 Å². The Kier molecular flexibility index (Phi) is 4.83. The molecule has 2 nitrogen and oxygen atoms in total. The first-order valence-electron chi connectivity index (χ1n) is 6.12. The van der Waals surface area contributed by atoms with Crippen molar-refractivity contribution in [3.63, 3.8) is 0 Å². The highest BCUT2D eigenvalue weighted by molar-refractivity contribution is 9.10. The maximum Gasteiger partial charge on any atom is 0.148 e. The zero-order chi connectivity index (χ0) is 13.8. The molecule has 0 atom stereocenters. The fourth-order valence-corrected chi connectivity index (χ4v) is 2.36. The normalized spacial score (nSPS) is 10.5. The zero-order valence-electron chi connectivity index (χ0n) is 10.9. The van der Waals surface area contributed by atoms with E-state index in [-0.39, 0.29) is 0 Å². The third-order valence-corrected chi connectivity index (χ3v) is 3.58. The van der Waals surface area contributed by atoms with Crippen LogP contribution in [0.2, 0.25) is 0 Å². The Bertz CT molecular complexity index is 586. The number of alkyl halides is 1. The Labute approximate surface area is 126 Å². The third-order valence-electron chi connectivity index (χ3n) is 2.80. The van der Waals surface area contributed by atoms with E-state index in [0.717, 1.165) is 39.3 Å². The predicted octanol–water partition coefficient (Wildman–Crippen LogP) is 5.25. The van der Waals surface area contributed by atoms with Gasteiger partial charge in [-0.3, -0.25) is 4.98 Å². The minimum Gasteiger partial charge on any atom is -0.455 e. The molecule has 0 saturated carbocycles. The molecule has 0 spiro atoms. The van der Waals surface area contributed by atoms with Gasteiger partial charge in [-0.25, -0.2) is 0 Å². The summed E-state index contributed by atoms with van der Waals surface area (Å²) in [6.45, 7) is 4.05. The molecule has 2 rings (SSSR count). The SMILES string of the molecule is CCc1nc(C)ccc1Oc1cc(Br)ccc1CCl. The van der Waals surface area contributed by atoms with Crippen molar-refractivity contribution in [3.8, 4) is 11.5 Å². The molecule has 1 heterocycles. The Morgan fingerprint density at radius 2 is 2.00 bits per heavy atom. The molecule has 19 heavy (non-hydrogen) atoms. The maximum absolute atomic E-state index is 5.98. The first kappa shape index (κ1) is 14.4. The van der Waals surface area contributed by atoms with Crippen molar-refractivity contribution in [2.24, 2.45) is 0 Å². The lowest BCUT2D eigenvalue weighted by Gasteiger charge is -2.13. The van der Waals surface area contributed by atoms with Gasteiger partial charge in [0.15, 0.2) is 0 Å². The van der Waals surface area contributed by atoms with Crippen LogP contribution in [0.25, 0.3) is 0 Å². The molecule has 0 N–H and O–H groups in total. The van der Waals surface area contributed by atoms with E-state index in [1.54, 1.807) is 0 Å². The Balaban J connectivity index is 2.38. The van der Waals surface area contributed by atoms with Gasteiger partial charge in [-0.15, -0.1) is 11.6 Å². The van der Waals surface area contributed by atoms with Gasteiger partial charge in [0.2, 0.25) is 0 Å². The van der Waals surface area contributed by atoms with Gasteiger partial charge in [-0.05, 0) is 37.6 Å². The zero-order valence-corrected chi connectivity index (χ0v) is 13.3. The summed E-state index contributed by atoms with van der Waals surface area (Å²) in [5.41, 5.74) is 2.92. The van der Waals surface area contributed by atoms with Crippen LogP contribution >= 0.6 is 27.5 Å². The highest BCUT2D eigenvalue weighted by Crippen LogP contribution is 2.31. The number of hydrogen-bond acceptors (Lipinski definition) is 2. The average Bonchev–Trinajstić information content (AvgIpc) is 2.41. The predicted molar refractivity (Wildman–Crippen MR) is 82.1 cm³/mol.